The van der Waals surface area contributed by atoms with E-state index >= 15 is 0 Å². The minimum Gasteiger partial charge on any atom is -0.385 e. The molecule has 0 amide bonds. The van der Waals surface area contributed by atoms with E-state index in [1.807, 2.05) is 36.4 Å². The smallest absolute Gasteiger partial charge is 0.200 e. The Balaban J connectivity index is 1.55. The van der Waals surface area contributed by atoms with Crippen molar-refractivity contribution < 1.29 is 5.11 Å². The van der Waals surface area contributed by atoms with Crippen molar-refractivity contribution in [3.63, 3.8) is 0 Å². The minimum atomic E-state index is -0.895. The van der Waals surface area contributed by atoms with Crippen LogP contribution in [0.25, 0.3) is 5.65 Å². The number of nitrogens with zero attached hydrogens (tertiary/aromatic N) is 6. The minimum absolute atomic E-state index is 0.589. The Bertz CT molecular complexity index is 843. The summed E-state index contributed by atoms with van der Waals surface area (Å²) in [4.78, 5) is 2.12. The van der Waals surface area contributed by atoms with Gasteiger partial charge in [-0.15, -0.1) is 14.8 Å². The second-order valence-electron chi connectivity index (χ2n) is 5.72. The van der Waals surface area contributed by atoms with Crippen LogP contribution in [0.3, 0.4) is 0 Å². The lowest BCUT2D eigenvalue weighted by atomic mass is 9.84. The number of aromatic nitrogens is 5. The summed E-state index contributed by atoms with van der Waals surface area (Å²) in [5.41, 5.74) is 0.511. The van der Waals surface area contributed by atoms with Gasteiger partial charge in [0.1, 0.15) is 0 Å². The van der Waals surface area contributed by atoms with Crippen molar-refractivity contribution in [2.45, 2.75) is 18.4 Å². The molecule has 1 saturated heterocycles. The maximum atomic E-state index is 11.0. The molecule has 0 aliphatic carbocycles. The topological polar surface area (TPSA) is 79.4 Å². The molecule has 1 aromatic carbocycles. The largest absolute Gasteiger partial charge is 0.385 e. The molecule has 0 spiro atoms. The predicted molar refractivity (Wildman–Crippen MR) is 85.4 cm³/mol. The fourth-order valence-corrected chi connectivity index (χ4v) is 3.33. The first-order valence-corrected chi connectivity index (χ1v) is 7.81. The first-order chi connectivity index (χ1) is 11.2. The number of halogens is 1. The summed E-state index contributed by atoms with van der Waals surface area (Å²) in [7, 11) is 0. The highest BCUT2D eigenvalue weighted by Crippen LogP contribution is 2.37. The molecule has 23 heavy (non-hydrogen) atoms. The van der Waals surface area contributed by atoms with Gasteiger partial charge in [0.05, 0.1) is 5.60 Å². The van der Waals surface area contributed by atoms with Crippen LogP contribution in [0.5, 0.6) is 0 Å². The normalized spacial score (nSPS) is 17.6. The molecule has 1 aliphatic rings. The zero-order valence-corrected chi connectivity index (χ0v) is 13.1. The second-order valence-corrected chi connectivity index (χ2v) is 6.12. The van der Waals surface area contributed by atoms with Gasteiger partial charge in [0.15, 0.2) is 11.5 Å². The summed E-state index contributed by atoms with van der Waals surface area (Å²) in [6.45, 7) is 1.37. The van der Waals surface area contributed by atoms with Crippen molar-refractivity contribution in [2.24, 2.45) is 0 Å². The average molecular weight is 331 g/mol. The number of aliphatic hydroxyl groups is 1. The van der Waals surface area contributed by atoms with E-state index in [9.17, 15) is 5.11 Å². The average Bonchev–Trinajstić information content (AvgIpc) is 3.03. The van der Waals surface area contributed by atoms with Crippen LogP contribution in [0.1, 0.15) is 18.4 Å². The molecular weight excluding hydrogens is 316 g/mol. The van der Waals surface area contributed by atoms with E-state index in [1.165, 1.54) is 4.63 Å². The zero-order valence-electron chi connectivity index (χ0n) is 12.3. The maximum Gasteiger partial charge on any atom is 0.200 e. The summed E-state index contributed by atoms with van der Waals surface area (Å²) in [6.07, 6.45) is 1.18. The van der Waals surface area contributed by atoms with Crippen LogP contribution in [0.15, 0.2) is 36.4 Å². The monoisotopic (exact) mass is 330 g/mol. The van der Waals surface area contributed by atoms with Gasteiger partial charge in [-0.25, -0.2) is 0 Å². The molecule has 0 atom stereocenters. The molecule has 3 heterocycles. The fourth-order valence-electron chi connectivity index (χ4n) is 3.02. The third-order valence-electron chi connectivity index (χ3n) is 4.35. The third-order valence-corrected chi connectivity index (χ3v) is 4.67. The number of hydrogen-bond donors (Lipinski definition) is 1. The summed E-state index contributed by atoms with van der Waals surface area (Å²) < 4.78 is 1.41. The number of rotatable bonds is 2. The molecule has 0 unspecified atom stereocenters. The van der Waals surface area contributed by atoms with Gasteiger partial charge in [0.25, 0.3) is 0 Å². The van der Waals surface area contributed by atoms with Gasteiger partial charge in [0, 0.05) is 23.7 Å². The first-order valence-electron chi connectivity index (χ1n) is 7.43. The number of benzene rings is 1. The molecule has 1 N–H and O–H groups in total. The quantitative estimate of drug-likeness (QED) is 0.770. The molecule has 2 aromatic heterocycles. The van der Waals surface area contributed by atoms with Gasteiger partial charge in [-0.05, 0) is 41.5 Å². The summed E-state index contributed by atoms with van der Waals surface area (Å²) in [5, 5.41) is 27.2. The van der Waals surface area contributed by atoms with Gasteiger partial charge < -0.3 is 10.0 Å². The zero-order chi connectivity index (χ0) is 15.9. The Morgan fingerprint density at radius 3 is 2.65 bits per heavy atom. The second kappa shape index (κ2) is 5.43. The Morgan fingerprint density at radius 2 is 1.87 bits per heavy atom. The molecule has 8 heteroatoms. The number of fused-ring (bicyclic) bond motifs is 1. The van der Waals surface area contributed by atoms with Crippen molar-refractivity contribution >= 4 is 23.1 Å². The summed E-state index contributed by atoms with van der Waals surface area (Å²) >= 11 is 6.24. The van der Waals surface area contributed by atoms with E-state index in [0.717, 1.165) is 11.4 Å². The molecule has 118 valence electrons. The molecule has 1 fully saturated rings. The SMILES string of the molecule is OC1(c2ccccc2Cl)CCN(c2ccc3nnnn3n2)CC1. The van der Waals surface area contributed by atoms with E-state index in [2.05, 4.69) is 25.5 Å². The van der Waals surface area contributed by atoms with Crippen LogP contribution in [-0.2, 0) is 5.60 Å². The van der Waals surface area contributed by atoms with Crippen molar-refractivity contribution in [1.82, 2.24) is 25.3 Å². The lowest BCUT2D eigenvalue weighted by molar-refractivity contribution is 0.0117. The van der Waals surface area contributed by atoms with Crippen LogP contribution in [-0.4, -0.2) is 43.5 Å². The van der Waals surface area contributed by atoms with Crippen LogP contribution in [0.2, 0.25) is 5.02 Å². The lowest BCUT2D eigenvalue weighted by Crippen LogP contribution is -2.43. The predicted octanol–water partition coefficient (Wildman–Crippen LogP) is 1.66. The highest BCUT2D eigenvalue weighted by molar-refractivity contribution is 6.31. The molecule has 0 radical (unpaired) electrons. The molecular formula is C15H15ClN6O. The van der Waals surface area contributed by atoms with Crippen molar-refractivity contribution in [1.29, 1.82) is 0 Å². The van der Waals surface area contributed by atoms with Gasteiger partial charge in [-0.2, -0.15) is 0 Å². The number of piperidine rings is 1. The lowest BCUT2D eigenvalue weighted by Gasteiger charge is -2.39. The van der Waals surface area contributed by atoms with Crippen molar-refractivity contribution in [3.8, 4) is 0 Å². The van der Waals surface area contributed by atoms with E-state index < -0.39 is 5.60 Å². The van der Waals surface area contributed by atoms with Gasteiger partial charge in [-0.3, -0.25) is 0 Å². The standard InChI is InChI=1S/C15H15ClN6O/c16-12-4-2-1-3-11(12)15(23)7-9-21(10-8-15)14-6-5-13-17-19-20-22(13)18-14/h1-6,23H,7-10H2. The molecule has 0 saturated carbocycles. The Hall–Kier alpha value is -2.25. The Labute approximate surface area is 137 Å². The van der Waals surface area contributed by atoms with Crippen LogP contribution < -0.4 is 4.90 Å². The molecule has 3 aromatic rings. The first kappa shape index (κ1) is 14.3. The highest BCUT2D eigenvalue weighted by Gasteiger charge is 2.35. The van der Waals surface area contributed by atoms with Crippen molar-refractivity contribution in [2.75, 3.05) is 18.0 Å². The molecule has 1 aliphatic heterocycles. The van der Waals surface area contributed by atoms with Gasteiger partial charge in [-0.1, -0.05) is 29.8 Å². The van der Waals surface area contributed by atoms with Gasteiger partial charge >= 0.3 is 0 Å². The summed E-state index contributed by atoms with van der Waals surface area (Å²) in [5.74, 6) is 0.797. The highest BCUT2D eigenvalue weighted by atomic mass is 35.5. The van der Waals surface area contributed by atoms with E-state index in [-0.39, 0.29) is 0 Å². The van der Waals surface area contributed by atoms with E-state index in [0.29, 0.717) is 36.6 Å². The maximum absolute atomic E-state index is 11.0. The van der Waals surface area contributed by atoms with Crippen molar-refractivity contribution in [3.05, 3.63) is 47.0 Å². The van der Waals surface area contributed by atoms with Crippen LogP contribution in [0, 0.1) is 0 Å². The van der Waals surface area contributed by atoms with Crippen LogP contribution in [0.4, 0.5) is 5.82 Å². The Morgan fingerprint density at radius 1 is 1.09 bits per heavy atom. The van der Waals surface area contributed by atoms with Gasteiger partial charge in [0.2, 0.25) is 0 Å². The number of hydrogen-bond acceptors (Lipinski definition) is 6. The number of tetrazole rings is 1. The third kappa shape index (κ3) is 2.51. The van der Waals surface area contributed by atoms with E-state index in [1.54, 1.807) is 0 Å². The van der Waals surface area contributed by atoms with E-state index in [4.69, 9.17) is 11.6 Å². The van der Waals surface area contributed by atoms with Crippen LogP contribution >= 0.6 is 11.6 Å². The Kier molecular flexibility index (Phi) is 3.39. The molecule has 4 rings (SSSR count). The fraction of sp³-hybridized carbons (Fsp3) is 0.333. The molecule has 0 bridgehead atoms. The molecule has 7 nitrogen and oxygen atoms in total. The number of anilines is 1. The summed E-state index contributed by atoms with van der Waals surface area (Å²) in [6, 6.07) is 11.2.